The highest BCUT2D eigenvalue weighted by molar-refractivity contribution is 5.83. The lowest BCUT2D eigenvalue weighted by Crippen LogP contribution is -2.39. The average Bonchev–Trinajstić information content (AvgIpc) is 2.39. The van der Waals surface area contributed by atoms with Gasteiger partial charge in [0.2, 0.25) is 5.91 Å². The predicted octanol–water partition coefficient (Wildman–Crippen LogP) is 1.25. The minimum Gasteiger partial charge on any atom is -0.396 e. The summed E-state index contributed by atoms with van der Waals surface area (Å²) in [6.07, 6.45) is 0.659. The van der Waals surface area contributed by atoms with Gasteiger partial charge in [-0.2, -0.15) is 0 Å². The van der Waals surface area contributed by atoms with Gasteiger partial charge in [0.25, 0.3) is 0 Å². The zero-order valence-electron chi connectivity index (χ0n) is 11.7. The highest BCUT2D eigenvalue weighted by Crippen LogP contribution is 2.19. The number of aliphatic hydroxyl groups is 1. The molecule has 0 spiro atoms. The summed E-state index contributed by atoms with van der Waals surface area (Å²) >= 11 is 0. The minimum atomic E-state index is -0.314. The van der Waals surface area contributed by atoms with E-state index >= 15 is 0 Å². The van der Waals surface area contributed by atoms with Crippen LogP contribution in [0.15, 0.2) is 30.3 Å². The second kappa shape index (κ2) is 7.26. The lowest BCUT2D eigenvalue weighted by molar-refractivity contribution is -0.122. The maximum atomic E-state index is 12.2. The molecule has 0 saturated carbocycles. The van der Waals surface area contributed by atoms with Crippen LogP contribution in [0.4, 0.5) is 0 Å². The number of benzene rings is 1. The molecule has 0 aliphatic carbocycles. The van der Waals surface area contributed by atoms with Crippen LogP contribution in [0.2, 0.25) is 0 Å². The van der Waals surface area contributed by atoms with E-state index in [0.29, 0.717) is 13.0 Å². The Morgan fingerprint density at radius 1 is 1.37 bits per heavy atom. The number of rotatable bonds is 7. The number of carbonyl (C=O) groups is 1. The molecule has 0 aliphatic rings. The molecule has 1 rings (SSSR count). The van der Waals surface area contributed by atoms with Crippen molar-refractivity contribution in [3.8, 4) is 0 Å². The summed E-state index contributed by atoms with van der Waals surface area (Å²) < 4.78 is 0. The number of carbonyl (C=O) groups excluding carboxylic acids is 1. The summed E-state index contributed by atoms with van der Waals surface area (Å²) in [5.74, 6) is -0.370. The van der Waals surface area contributed by atoms with Crippen LogP contribution in [0.5, 0.6) is 0 Å². The second-order valence-electron chi connectivity index (χ2n) is 5.55. The Balaban J connectivity index is 2.61. The van der Waals surface area contributed by atoms with E-state index in [1.807, 2.05) is 44.2 Å². The van der Waals surface area contributed by atoms with Crippen molar-refractivity contribution in [2.75, 3.05) is 19.7 Å². The number of nitrogens with one attached hydrogen (secondary N) is 1. The molecule has 0 radical (unpaired) electrons. The van der Waals surface area contributed by atoms with Gasteiger partial charge in [-0.05, 0) is 17.4 Å². The lowest BCUT2D eigenvalue weighted by atomic mass is 9.89. The topological polar surface area (TPSA) is 75.3 Å². The number of hydrogen-bond acceptors (Lipinski definition) is 3. The summed E-state index contributed by atoms with van der Waals surface area (Å²) in [6, 6.07) is 9.55. The van der Waals surface area contributed by atoms with Crippen LogP contribution in [0.1, 0.15) is 31.7 Å². The number of nitrogens with two attached hydrogens (primary N) is 1. The normalized spacial score (nSPS) is 13.1. The number of hydrogen-bond donors (Lipinski definition) is 3. The summed E-state index contributed by atoms with van der Waals surface area (Å²) in [6.45, 7) is 4.99. The second-order valence-corrected chi connectivity index (χ2v) is 5.55. The van der Waals surface area contributed by atoms with E-state index in [-0.39, 0.29) is 30.4 Å². The van der Waals surface area contributed by atoms with E-state index in [0.717, 1.165) is 5.56 Å². The Bertz CT molecular complexity index is 390. The van der Waals surface area contributed by atoms with Gasteiger partial charge in [-0.15, -0.1) is 0 Å². The van der Waals surface area contributed by atoms with E-state index in [4.69, 9.17) is 10.8 Å². The number of aliphatic hydroxyl groups excluding tert-OH is 1. The van der Waals surface area contributed by atoms with Crippen molar-refractivity contribution in [2.45, 2.75) is 26.2 Å². The molecule has 0 aromatic heterocycles. The first kappa shape index (κ1) is 15.7. The standard InChI is InChI=1S/C15H24N2O2/c1-15(2,8-9-18)11-17-14(19)13(10-16)12-6-4-3-5-7-12/h3-7,13,18H,8-11,16H2,1-2H3,(H,17,19). The first-order valence-electron chi connectivity index (χ1n) is 6.64. The molecule has 0 heterocycles. The third kappa shape index (κ3) is 5.01. The molecule has 1 unspecified atom stereocenters. The molecule has 1 amide bonds. The first-order chi connectivity index (χ1) is 9.00. The van der Waals surface area contributed by atoms with Crippen molar-refractivity contribution in [3.63, 3.8) is 0 Å². The third-order valence-corrected chi connectivity index (χ3v) is 3.28. The zero-order chi connectivity index (χ0) is 14.3. The maximum absolute atomic E-state index is 12.2. The van der Waals surface area contributed by atoms with E-state index < -0.39 is 0 Å². The minimum absolute atomic E-state index is 0.0558. The fourth-order valence-corrected chi connectivity index (χ4v) is 1.92. The monoisotopic (exact) mass is 264 g/mol. The van der Waals surface area contributed by atoms with Gasteiger partial charge in [0.1, 0.15) is 0 Å². The quantitative estimate of drug-likeness (QED) is 0.694. The molecule has 0 fully saturated rings. The molecule has 0 aliphatic heterocycles. The summed E-state index contributed by atoms with van der Waals surface area (Å²) in [5, 5.41) is 11.9. The molecular formula is C15H24N2O2. The molecule has 1 atom stereocenters. The molecule has 4 heteroatoms. The third-order valence-electron chi connectivity index (χ3n) is 3.28. The molecule has 0 bridgehead atoms. The van der Waals surface area contributed by atoms with E-state index in [2.05, 4.69) is 5.32 Å². The lowest BCUT2D eigenvalue weighted by Gasteiger charge is -2.25. The Hall–Kier alpha value is -1.39. The molecule has 19 heavy (non-hydrogen) atoms. The Morgan fingerprint density at radius 3 is 2.53 bits per heavy atom. The van der Waals surface area contributed by atoms with Crippen LogP contribution in [-0.4, -0.2) is 30.7 Å². The molecule has 4 N–H and O–H groups in total. The molecule has 4 nitrogen and oxygen atoms in total. The molecule has 106 valence electrons. The van der Waals surface area contributed by atoms with Crippen molar-refractivity contribution in [3.05, 3.63) is 35.9 Å². The van der Waals surface area contributed by atoms with Crippen molar-refractivity contribution in [1.82, 2.24) is 5.32 Å². The van der Waals surface area contributed by atoms with Crippen LogP contribution in [0, 0.1) is 5.41 Å². The van der Waals surface area contributed by atoms with Crippen molar-refractivity contribution >= 4 is 5.91 Å². The van der Waals surface area contributed by atoms with E-state index in [1.165, 1.54) is 0 Å². The fourth-order valence-electron chi connectivity index (χ4n) is 1.92. The molecule has 1 aromatic rings. The molecular weight excluding hydrogens is 240 g/mol. The van der Waals surface area contributed by atoms with Crippen LogP contribution in [0.25, 0.3) is 0 Å². The van der Waals surface area contributed by atoms with Gasteiger partial charge in [0.05, 0.1) is 5.92 Å². The highest BCUT2D eigenvalue weighted by Gasteiger charge is 2.22. The van der Waals surface area contributed by atoms with E-state index in [1.54, 1.807) is 0 Å². The Kier molecular flexibility index (Phi) is 5.99. The van der Waals surface area contributed by atoms with Gasteiger partial charge < -0.3 is 16.2 Å². The molecule has 0 saturated heterocycles. The van der Waals surface area contributed by atoms with Crippen LogP contribution < -0.4 is 11.1 Å². The van der Waals surface area contributed by atoms with E-state index in [9.17, 15) is 4.79 Å². The van der Waals surface area contributed by atoms with Crippen molar-refractivity contribution < 1.29 is 9.90 Å². The SMILES string of the molecule is CC(C)(CCO)CNC(=O)C(CN)c1ccccc1. The maximum Gasteiger partial charge on any atom is 0.228 e. The van der Waals surface area contributed by atoms with Crippen LogP contribution >= 0.6 is 0 Å². The largest absolute Gasteiger partial charge is 0.396 e. The Morgan fingerprint density at radius 2 is 2.00 bits per heavy atom. The van der Waals surface area contributed by atoms with Crippen molar-refractivity contribution in [1.29, 1.82) is 0 Å². The van der Waals surface area contributed by atoms with Gasteiger partial charge in [-0.3, -0.25) is 4.79 Å². The van der Waals surface area contributed by atoms with Gasteiger partial charge in [0.15, 0.2) is 0 Å². The zero-order valence-corrected chi connectivity index (χ0v) is 11.7. The molecule has 1 aromatic carbocycles. The number of amides is 1. The first-order valence-corrected chi connectivity index (χ1v) is 6.64. The van der Waals surface area contributed by atoms with Gasteiger partial charge in [0, 0.05) is 19.7 Å². The highest BCUT2D eigenvalue weighted by atomic mass is 16.3. The van der Waals surface area contributed by atoms with Crippen LogP contribution in [-0.2, 0) is 4.79 Å². The summed E-state index contributed by atoms with van der Waals surface area (Å²) in [5.41, 5.74) is 6.52. The van der Waals surface area contributed by atoms with Gasteiger partial charge in [-0.1, -0.05) is 44.2 Å². The van der Waals surface area contributed by atoms with Gasteiger partial charge >= 0.3 is 0 Å². The smallest absolute Gasteiger partial charge is 0.228 e. The predicted molar refractivity (Wildman–Crippen MR) is 76.7 cm³/mol. The average molecular weight is 264 g/mol. The summed E-state index contributed by atoms with van der Waals surface area (Å²) in [4.78, 5) is 12.2. The van der Waals surface area contributed by atoms with Gasteiger partial charge in [-0.25, -0.2) is 0 Å². The van der Waals surface area contributed by atoms with Crippen molar-refractivity contribution in [2.24, 2.45) is 11.1 Å². The van der Waals surface area contributed by atoms with Crippen LogP contribution in [0.3, 0.4) is 0 Å². The Labute approximate surface area is 115 Å². The fraction of sp³-hybridized carbons (Fsp3) is 0.533. The summed E-state index contributed by atoms with van der Waals surface area (Å²) in [7, 11) is 0.